The summed E-state index contributed by atoms with van der Waals surface area (Å²) in [6.45, 7) is 5.34. The van der Waals surface area contributed by atoms with E-state index in [0.717, 1.165) is 36.8 Å². The maximum absolute atomic E-state index is 12.6. The lowest BCUT2D eigenvalue weighted by molar-refractivity contribution is -0.117. The van der Waals surface area contributed by atoms with Crippen molar-refractivity contribution in [3.63, 3.8) is 0 Å². The summed E-state index contributed by atoms with van der Waals surface area (Å²) in [6.07, 6.45) is 4.24. The lowest BCUT2D eigenvalue weighted by Crippen LogP contribution is -2.28. The zero-order valence-corrected chi connectivity index (χ0v) is 16.5. The molecule has 1 atom stereocenters. The molecule has 1 aromatic carbocycles. The minimum Gasteiger partial charge on any atom is -0.324 e. The summed E-state index contributed by atoms with van der Waals surface area (Å²) in [5.41, 5.74) is 4.20. The first-order valence-electron chi connectivity index (χ1n) is 9.37. The van der Waals surface area contributed by atoms with Crippen molar-refractivity contribution in [3.8, 4) is 11.5 Å². The maximum Gasteiger partial charge on any atom is 0.229 e. The Bertz CT molecular complexity index is 969. The Labute approximate surface area is 169 Å². The van der Waals surface area contributed by atoms with Crippen molar-refractivity contribution in [3.05, 3.63) is 54.0 Å². The zero-order chi connectivity index (χ0) is 18.4. The van der Waals surface area contributed by atoms with Gasteiger partial charge in [0.15, 0.2) is 5.82 Å². The van der Waals surface area contributed by atoms with Crippen LogP contribution in [0.4, 0.5) is 5.69 Å². The van der Waals surface area contributed by atoms with Crippen molar-refractivity contribution in [1.82, 2.24) is 24.6 Å². The first-order valence-corrected chi connectivity index (χ1v) is 9.37. The van der Waals surface area contributed by atoms with Crippen LogP contribution < -0.4 is 10.2 Å². The van der Waals surface area contributed by atoms with Crippen molar-refractivity contribution in [2.24, 2.45) is 0 Å². The predicted molar refractivity (Wildman–Crippen MR) is 110 cm³/mol. The summed E-state index contributed by atoms with van der Waals surface area (Å²) in [6, 6.07) is 10.3. The lowest BCUT2D eigenvalue weighted by Gasteiger charge is -2.18. The summed E-state index contributed by atoms with van der Waals surface area (Å²) >= 11 is 0. The minimum atomic E-state index is 0. The third-order valence-corrected chi connectivity index (χ3v) is 5.41. The van der Waals surface area contributed by atoms with Crippen LogP contribution in [-0.2, 0) is 17.9 Å². The molecule has 0 saturated carbocycles. The first kappa shape index (κ1) is 18.7. The Morgan fingerprint density at radius 1 is 1.21 bits per heavy atom. The molecule has 2 aliphatic heterocycles. The highest BCUT2D eigenvalue weighted by molar-refractivity contribution is 5.96. The molecule has 0 radical (unpaired) electrons. The van der Waals surface area contributed by atoms with E-state index in [1.165, 1.54) is 11.3 Å². The largest absolute Gasteiger partial charge is 0.324 e. The molecule has 1 amide bonds. The molecule has 1 unspecified atom stereocenters. The molecule has 3 aromatic rings. The Morgan fingerprint density at radius 3 is 2.82 bits per heavy atom. The summed E-state index contributed by atoms with van der Waals surface area (Å²) < 4.78 is 4.15. The van der Waals surface area contributed by atoms with Gasteiger partial charge in [0.25, 0.3) is 0 Å². The third-order valence-electron chi connectivity index (χ3n) is 5.41. The van der Waals surface area contributed by atoms with Gasteiger partial charge in [-0.1, -0.05) is 17.7 Å². The standard InChI is InChI=1S/C20H22N6O.ClH/c1-14-2-4-15(5-3-14)25-13-17(11-19(25)27)24-8-7-22-20(24)18-10-16-12-21-6-9-26(16)23-18;/h2-5,7-8,10,17,21H,6,9,11-13H2,1H3;1H. The molecule has 146 valence electrons. The highest BCUT2D eigenvalue weighted by Gasteiger charge is 2.33. The second-order valence-electron chi connectivity index (χ2n) is 7.28. The molecule has 4 heterocycles. The van der Waals surface area contributed by atoms with Gasteiger partial charge in [-0.2, -0.15) is 5.10 Å². The smallest absolute Gasteiger partial charge is 0.229 e. The van der Waals surface area contributed by atoms with Gasteiger partial charge in [-0.25, -0.2) is 4.98 Å². The topological polar surface area (TPSA) is 68.0 Å². The fraction of sp³-hybridized carbons (Fsp3) is 0.350. The van der Waals surface area contributed by atoms with E-state index in [0.29, 0.717) is 13.0 Å². The third kappa shape index (κ3) is 3.21. The van der Waals surface area contributed by atoms with Crippen LogP contribution in [0.3, 0.4) is 0 Å². The molecule has 0 spiro atoms. The van der Waals surface area contributed by atoms with Crippen LogP contribution in [0.15, 0.2) is 42.7 Å². The molecular weight excluding hydrogens is 376 g/mol. The lowest BCUT2D eigenvalue weighted by atomic mass is 10.2. The fourth-order valence-electron chi connectivity index (χ4n) is 3.96. The number of aromatic nitrogens is 4. The number of benzene rings is 1. The van der Waals surface area contributed by atoms with E-state index in [2.05, 4.69) is 27.9 Å². The number of rotatable bonds is 3. The van der Waals surface area contributed by atoms with Gasteiger partial charge in [-0.3, -0.25) is 9.48 Å². The van der Waals surface area contributed by atoms with Crippen LogP contribution >= 0.6 is 12.4 Å². The van der Waals surface area contributed by atoms with Gasteiger partial charge in [-0.05, 0) is 25.1 Å². The van der Waals surface area contributed by atoms with E-state index >= 15 is 0 Å². The Balaban J connectivity index is 0.00000192. The molecule has 28 heavy (non-hydrogen) atoms. The Morgan fingerprint density at radius 2 is 2.04 bits per heavy atom. The normalized spacial score (nSPS) is 18.8. The highest BCUT2D eigenvalue weighted by atomic mass is 35.5. The second kappa shape index (κ2) is 7.41. The van der Waals surface area contributed by atoms with E-state index in [4.69, 9.17) is 5.10 Å². The SMILES string of the molecule is Cc1ccc(N2CC(n3ccnc3-c3cc4n(n3)CCNC4)CC2=O)cc1.Cl. The number of amides is 1. The highest BCUT2D eigenvalue weighted by Crippen LogP contribution is 2.31. The van der Waals surface area contributed by atoms with Crippen molar-refractivity contribution in [2.45, 2.75) is 32.5 Å². The Hall–Kier alpha value is -2.64. The van der Waals surface area contributed by atoms with E-state index in [1.807, 2.05) is 40.0 Å². The molecule has 0 bridgehead atoms. The minimum absolute atomic E-state index is 0. The van der Waals surface area contributed by atoms with Crippen molar-refractivity contribution in [1.29, 1.82) is 0 Å². The molecule has 7 nitrogen and oxygen atoms in total. The van der Waals surface area contributed by atoms with Gasteiger partial charge < -0.3 is 14.8 Å². The predicted octanol–water partition coefficient (Wildman–Crippen LogP) is 2.56. The van der Waals surface area contributed by atoms with Crippen LogP contribution in [0.1, 0.15) is 23.7 Å². The number of hydrogen-bond acceptors (Lipinski definition) is 4. The van der Waals surface area contributed by atoms with Crippen LogP contribution in [0.5, 0.6) is 0 Å². The molecule has 1 saturated heterocycles. The molecular formula is C20H23ClN6O. The van der Waals surface area contributed by atoms with Crippen LogP contribution in [0, 0.1) is 6.92 Å². The maximum atomic E-state index is 12.6. The van der Waals surface area contributed by atoms with Crippen molar-refractivity contribution < 1.29 is 4.79 Å². The number of nitrogens with one attached hydrogen (secondary N) is 1. The average Bonchev–Trinajstić information content (AvgIpc) is 3.39. The summed E-state index contributed by atoms with van der Waals surface area (Å²) in [7, 11) is 0. The molecule has 1 N–H and O–H groups in total. The number of hydrogen-bond donors (Lipinski definition) is 1. The van der Waals surface area contributed by atoms with Gasteiger partial charge in [0.2, 0.25) is 5.91 Å². The van der Waals surface area contributed by atoms with Crippen LogP contribution in [0.2, 0.25) is 0 Å². The number of anilines is 1. The number of halogens is 1. The van der Waals surface area contributed by atoms with E-state index in [-0.39, 0.29) is 24.4 Å². The molecule has 2 aliphatic rings. The number of carbonyl (C=O) groups excluding carboxylic acids is 1. The number of carbonyl (C=O) groups is 1. The number of nitrogens with zero attached hydrogens (tertiary/aromatic N) is 5. The van der Waals surface area contributed by atoms with E-state index < -0.39 is 0 Å². The van der Waals surface area contributed by atoms with Crippen LogP contribution in [0.25, 0.3) is 11.5 Å². The van der Waals surface area contributed by atoms with E-state index in [9.17, 15) is 4.79 Å². The fourth-order valence-corrected chi connectivity index (χ4v) is 3.96. The van der Waals surface area contributed by atoms with Crippen molar-refractivity contribution in [2.75, 3.05) is 18.0 Å². The van der Waals surface area contributed by atoms with Gasteiger partial charge in [-0.15, -0.1) is 12.4 Å². The monoisotopic (exact) mass is 398 g/mol. The zero-order valence-electron chi connectivity index (χ0n) is 15.7. The number of imidazole rings is 1. The van der Waals surface area contributed by atoms with Gasteiger partial charge in [0.1, 0.15) is 5.69 Å². The van der Waals surface area contributed by atoms with Crippen molar-refractivity contribution >= 4 is 24.0 Å². The van der Waals surface area contributed by atoms with Gasteiger partial charge in [0.05, 0.1) is 18.3 Å². The summed E-state index contributed by atoms with van der Waals surface area (Å²) in [5.74, 6) is 0.984. The molecule has 1 fully saturated rings. The quantitative estimate of drug-likeness (QED) is 0.736. The molecule has 2 aromatic heterocycles. The summed E-state index contributed by atoms with van der Waals surface area (Å²) in [5, 5.41) is 8.09. The van der Waals surface area contributed by atoms with E-state index in [1.54, 1.807) is 6.20 Å². The first-order chi connectivity index (χ1) is 13.2. The Kier molecular flexibility index (Phi) is 4.95. The molecule has 8 heteroatoms. The second-order valence-corrected chi connectivity index (χ2v) is 7.28. The molecule has 0 aliphatic carbocycles. The number of fused-ring (bicyclic) bond motifs is 1. The van der Waals surface area contributed by atoms with Gasteiger partial charge >= 0.3 is 0 Å². The van der Waals surface area contributed by atoms with Crippen LogP contribution in [-0.4, -0.2) is 38.3 Å². The van der Waals surface area contributed by atoms with Gasteiger partial charge in [0, 0.05) is 44.1 Å². The molecule has 5 rings (SSSR count). The number of aryl methyl sites for hydroxylation is 1. The average molecular weight is 399 g/mol. The summed E-state index contributed by atoms with van der Waals surface area (Å²) in [4.78, 5) is 19.1.